The van der Waals surface area contributed by atoms with Crippen molar-refractivity contribution in [3.8, 4) is 11.6 Å². The number of carbonyl (C=O) groups excluding carboxylic acids is 2. The molecule has 6 nitrogen and oxygen atoms in total. The fourth-order valence-electron chi connectivity index (χ4n) is 2.07. The third kappa shape index (κ3) is 4.27. The van der Waals surface area contributed by atoms with Crippen LogP contribution in [0.3, 0.4) is 0 Å². The quantitative estimate of drug-likeness (QED) is 0.706. The van der Waals surface area contributed by atoms with Gasteiger partial charge in [-0.05, 0) is 49.4 Å². The summed E-state index contributed by atoms with van der Waals surface area (Å²) in [5.74, 6) is -0.142. The number of nitrogens with zero attached hydrogens (tertiary/aromatic N) is 2. The lowest BCUT2D eigenvalue weighted by atomic mass is 10.2. The summed E-state index contributed by atoms with van der Waals surface area (Å²) in [5, 5.41) is 2.65. The Morgan fingerprint density at radius 2 is 1.73 bits per heavy atom. The van der Waals surface area contributed by atoms with Crippen LogP contribution >= 0.6 is 0 Å². The smallest absolute Gasteiger partial charge is 0.274 e. The molecule has 1 amide bonds. The first kappa shape index (κ1) is 17.2. The third-order valence-electron chi connectivity index (χ3n) is 3.43. The molecule has 0 spiro atoms. The molecule has 1 aromatic carbocycles. The Labute approximate surface area is 148 Å². The van der Waals surface area contributed by atoms with Gasteiger partial charge in [0.15, 0.2) is 5.78 Å². The van der Waals surface area contributed by atoms with Gasteiger partial charge in [0.2, 0.25) is 5.88 Å². The number of halogens is 1. The van der Waals surface area contributed by atoms with Crippen molar-refractivity contribution in [2.45, 2.75) is 6.92 Å². The first-order valence-corrected chi connectivity index (χ1v) is 7.69. The second-order valence-electron chi connectivity index (χ2n) is 5.38. The fraction of sp³-hybridized carbons (Fsp3) is 0.0526. The molecule has 0 fully saturated rings. The number of Topliss-reactive ketones (excluding diaryl/α,β-unsaturated/α-hetero) is 1. The maximum Gasteiger partial charge on any atom is 0.274 e. The third-order valence-corrected chi connectivity index (χ3v) is 3.43. The predicted molar refractivity (Wildman–Crippen MR) is 92.9 cm³/mol. The van der Waals surface area contributed by atoms with Crippen LogP contribution in [0.4, 0.5) is 10.1 Å². The van der Waals surface area contributed by atoms with Crippen LogP contribution in [0.1, 0.15) is 27.8 Å². The molecule has 2 aromatic heterocycles. The second kappa shape index (κ2) is 7.52. The number of rotatable bonds is 5. The van der Waals surface area contributed by atoms with Crippen molar-refractivity contribution < 1.29 is 18.7 Å². The van der Waals surface area contributed by atoms with E-state index in [1.807, 2.05) is 0 Å². The molecular formula is C19H14FN3O3. The van der Waals surface area contributed by atoms with Gasteiger partial charge in [-0.3, -0.25) is 14.6 Å². The predicted octanol–water partition coefficient (Wildman–Crippen LogP) is 3.86. The number of anilines is 1. The number of ketones is 1. The molecule has 1 N–H and O–H groups in total. The van der Waals surface area contributed by atoms with Crippen molar-refractivity contribution in [2.24, 2.45) is 0 Å². The van der Waals surface area contributed by atoms with Crippen LogP contribution in [0.15, 0.2) is 60.9 Å². The summed E-state index contributed by atoms with van der Waals surface area (Å²) in [6, 6.07) is 11.8. The summed E-state index contributed by atoms with van der Waals surface area (Å²) in [6.45, 7) is 1.43. The average molecular weight is 351 g/mol. The molecule has 0 saturated carbocycles. The van der Waals surface area contributed by atoms with Crippen molar-refractivity contribution >= 4 is 17.4 Å². The highest BCUT2D eigenvalue weighted by molar-refractivity contribution is 6.03. The molecule has 130 valence electrons. The summed E-state index contributed by atoms with van der Waals surface area (Å²) in [7, 11) is 0. The van der Waals surface area contributed by atoms with Gasteiger partial charge < -0.3 is 10.1 Å². The van der Waals surface area contributed by atoms with Crippen molar-refractivity contribution in [2.75, 3.05) is 5.32 Å². The second-order valence-corrected chi connectivity index (χ2v) is 5.38. The highest BCUT2D eigenvalue weighted by atomic mass is 19.1. The van der Waals surface area contributed by atoms with Crippen LogP contribution in [0.5, 0.6) is 11.6 Å². The van der Waals surface area contributed by atoms with Crippen LogP contribution in [0.2, 0.25) is 0 Å². The molecule has 26 heavy (non-hydrogen) atoms. The summed E-state index contributed by atoms with van der Waals surface area (Å²) in [4.78, 5) is 31.4. The van der Waals surface area contributed by atoms with Crippen molar-refractivity contribution in [3.63, 3.8) is 0 Å². The highest BCUT2D eigenvalue weighted by Crippen LogP contribution is 2.20. The molecule has 2 heterocycles. The van der Waals surface area contributed by atoms with Gasteiger partial charge in [0, 0.05) is 17.8 Å². The summed E-state index contributed by atoms with van der Waals surface area (Å²) < 4.78 is 18.3. The molecule has 0 saturated heterocycles. The van der Waals surface area contributed by atoms with E-state index in [0.717, 1.165) is 0 Å². The van der Waals surface area contributed by atoms with Gasteiger partial charge in [-0.2, -0.15) is 0 Å². The van der Waals surface area contributed by atoms with Crippen LogP contribution in [0.25, 0.3) is 0 Å². The van der Waals surface area contributed by atoms with Gasteiger partial charge in [0.1, 0.15) is 17.3 Å². The SMILES string of the molecule is CC(=O)c1ccc(C(=O)Nc2ccc(Oc3ccc(F)cc3)nc2)nc1. The zero-order valence-electron chi connectivity index (χ0n) is 13.8. The van der Waals surface area contributed by atoms with E-state index >= 15 is 0 Å². The first-order valence-electron chi connectivity index (χ1n) is 7.69. The minimum atomic E-state index is -0.422. The van der Waals surface area contributed by atoms with E-state index < -0.39 is 5.91 Å². The lowest BCUT2D eigenvalue weighted by Gasteiger charge is -2.07. The Hall–Kier alpha value is -3.61. The Balaban J connectivity index is 1.64. The number of carbonyl (C=O) groups is 2. The van der Waals surface area contributed by atoms with Gasteiger partial charge in [0.25, 0.3) is 5.91 Å². The molecule has 0 unspecified atom stereocenters. The number of hydrogen-bond donors (Lipinski definition) is 1. The number of ether oxygens (including phenoxy) is 1. The van der Waals surface area contributed by atoms with Gasteiger partial charge in [0.05, 0.1) is 11.9 Å². The Morgan fingerprint density at radius 1 is 0.962 bits per heavy atom. The largest absolute Gasteiger partial charge is 0.439 e. The summed E-state index contributed by atoms with van der Waals surface area (Å²) >= 11 is 0. The van der Waals surface area contributed by atoms with E-state index in [0.29, 0.717) is 22.9 Å². The van der Waals surface area contributed by atoms with Crippen LogP contribution in [-0.2, 0) is 0 Å². The lowest BCUT2D eigenvalue weighted by molar-refractivity contribution is 0.100. The van der Waals surface area contributed by atoms with E-state index in [-0.39, 0.29) is 17.3 Å². The van der Waals surface area contributed by atoms with Crippen LogP contribution < -0.4 is 10.1 Å². The molecule has 0 aliphatic heterocycles. The number of pyridine rings is 2. The number of amides is 1. The van der Waals surface area contributed by atoms with Crippen LogP contribution in [-0.4, -0.2) is 21.7 Å². The molecular weight excluding hydrogens is 337 g/mol. The van der Waals surface area contributed by atoms with Gasteiger partial charge in [-0.25, -0.2) is 9.37 Å². The van der Waals surface area contributed by atoms with Crippen molar-refractivity contribution in [3.05, 3.63) is 78.0 Å². The van der Waals surface area contributed by atoms with Gasteiger partial charge >= 0.3 is 0 Å². The van der Waals surface area contributed by atoms with E-state index in [2.05, 4.69) is 15.3 Å². The molecule has 0 atom stereocenters. The normalized spacial score (nSPS) is 10.2. The minimum Gasteiger partial charge on any atom is -0.439 e. The number of hydrogen-bond acceptors (Lipinski definition) is 5. The maximum absolute atomic E-state index is 12.9. The van der Waals surface area contributed by atoms with E-state index in [1.165, 1.54) is 49.6 Å². The minimum absolute atomic E-state index is 0.120. The molecule has 0 radical (unpaired) electrons. The van der Waals surface area contributed by atoms with Crippen molar-refractivity contribution in [1.82, 2.24) is 9.97 Å². The first-order chi connectivity index (χ1) is 12.5. The molecule has 0 aliphatic carbocycles. The van der Waals surface area contributed by atoms with Crippen LogP contribution in [0, 0.1) is 5.82 Å². The monoisotopic (exact) mass is 351 g/mol. The average Bonchev–Trinajstić information content (AvgIpc) is 2.65. The summed E-state index contributed by atoms with van der Waals surface area (Å²) in [5.41, 5.74) is 1.08. The van der Waals surface area contributed by atoms with Gasteiger partial charge in [-0.1, -0.05) is 0 Å². The Bertz CT molecular complexity index is 924. The van der Waals surface area contributed by atoms with E-state index in [1.54, 1.807) is 18.2 Å². The molecule has 7 heteroatoms. The van der Waals surface area contributed by atoms with Gasteiger partial charge in [-0.15, -0.1) is 0 Å². The molecule has 0 bridgehead atoms. The molecule has 3 aromatic rings. The Kier molecular flexibility index (Phi) is 4.98. The number of aromatic nitrogens is 2. The molecule has 0 aliphatic rings. The number of nitrogens with one attached hydrogen (secondary N) is 1. The number of benzene rings is 1. The fourth-order valence-corrected chi connectivity index (χ4v) is 2.07. The zero-order chi connectivity index (χ0) is 18.5. The summed E-state index contributed by atoms with van der Waals surface area (Å²) in [6.07, 6.45) is 2.79. The Morgan fingerprint density at radius 3 is 2.31 bits per heavy atom. The topological polar surface area (TPSA) is 81.2 Å². The lowest BCUT2D eigenvalue weighted by Crippen LogP contribution is -2.14. The molecule has 3 rings (SSSR count). The van der Waals surface area contributed by atoms with E-state index in [9.17, 15) is 14.0 Å². The maximum atomic E-state index is 12.9. The zero-order valence-corrected chi connectivity index (χ0v) is 13.8. The standard InChI is InChI=1S/C19H14FN3O3/c1-12(24)13-2-8-17(21-10-13)19(25)23-15-5-9-18(22-11-15)26-16-6-3-14(20)4-7-16/h2-11H,1H3,(H,23,25). The highest BCUT2D eigenvalue weighted by Gasteiger charge is 2.09. The van der Waals surface area contributed by atoms with E-state index in [4.69, 9.17) is 4.74 Å². The van der Waals surface area contributed by atoms with Crippen molar-refractivity contribution in [1.29, 1.82) is 0 Å².